The fourth-order valence-corrected chi connectivity index (χ4v) is 2.20. The van der Waals surface area contributed by atoms with Crippen LogP contribution in [-0.4, -0.2) is 57.7 Å². The van der Waals surface area contributed by atoms with Gasteiger partial charge in [-0.15, -0.1) is 0 Å². The largest absolute Gasteiger partial charge is 0.394 e. The number of hydrogen-bond acceptors (Lipinski definition) is 6. The van der Waals surface area contributed by atoms with E-state index in [0.29, 0.717) is 5.69 Å². The van der Waals surface area contributed by atoms with Gasteiger partial charge in [-0.2, -0.15) is 0 Å². The molecule has 5 N–H and O–H groups in total. The van der Waals surface area contributed by atoms with Crippen molar-refractivity contribution < 1.29 is 25.2 Å². The zero-order valence-electron chi connectivity index (χ0n) is 9.98. The molecule has 5 atom stereocenters. The number of hydrogen-bond donors (Lipinski definition) is 5. The van der Waals surface area contributed by atoms with E-state index in [-0.39, 0.29) is 0 Å². The summed E-state index contributed by atoms with van der Waals surface area (Å²) in [7, 11) is 0. The predicted molar refractivity (Wildman–Crippen MR) is 71.5 cm³/mol. The molecule has 1 heterocycles. The summed E-state index contributed by atoms with van der Waals surface area (Å²) in [6.07, 6.45) is -5.83. The molecule has 106 valence electrons. The highest BCUT2D eigenvalue weighted by molar-refractivity contribution is 9.10. The third-order valence-corrected chi connectivity index (χ3v) is 3.57. The van der Waals surface area contributed by atoms with E-state index in [4.69, 9.17) is 9.84 Å². The molecule has 0 radical (unpaired) electrons. The minimum Gasteiger partial charge on any atom is -0.394 e. The Labute approximate surface area is 118 Å². The number of rotatable bonds is 3. The zero-order valence-corrected chi connectivity index (χ0v) is 11.6. The van der Waals surface area contributed by atoms with Crippen LogP contribution >= 0.6 is 15.9 Å². The molecule has 1 aromatic carbocycles. The van der Waals surface area contributed by atoms with E-state index in [0.717, 1.165) is 4.47 Å². The van der Waals surface area contributed by atoms with Crippen molar-refractivity contribution in [1.29, 1.82) is 0 Å². The second-order valence-electron chi connectivity index (χ2n) is 4.40. The standard InChI is InChI=1S/C12H16BrNO5/c13-6-1-3-7(4-2-6)14-12-11(18)10(17)9(16)8(5-15)19-12/h1-4,8-12,14-18H,5H2/t8-,9+,10+,11-,12+/m0/s1. The van der Waals surface area contributed by atoms with Crippen LogP contribution in [0.15, 0.2) is 28.7 Å². The molecular formula is C12H16BrNO5. The van der Waals surface area contributed by atoms with Gasteiger partial charge in [0.25, 0.3) is 0 Å². The summed E-state index contributed by atoms with van der Waals surface area (Å²) >= 11 is 3.31. The molecule has 7 heteroatoms. The number of nitrogens with one attached hydrogen (secondary N) is 1. The summed E-state index contributed by atoms with van der Waals surface area (Å²) in [6.45, 7) is -0.441. The Morgan fingerprint density at radius 2 is 1.68 bits per heavy atom. The molecule has 0 saturated carbocycles. The fourth-order valence-electron chi connectivity index (χ4n) is 1.93. The van der Waals surface area contributed by atoms with Gasteiger partial charge in [0.05, 0.1) is 6.61 Å². The lowest BCUT2D eigenvalue weighted by Crippen LogP contribution is -2.60. The lowest BCUT2D eigenvalue weighted by Gasteiger charge is -2.40. The average Bonchev–Trinajstić information content (AvgIpc) is 2.42. The van der Waals surface area contributed by atoms with Gasteiger partial charge >= 0.3 is 0 Å². The number of halogens is 1. The van der Waals surface area contributed by atoms with Crippen molar-refractivity contribution in [3.05, 3.63) is 28.7 Å². The van der Waals surface area contributed by atoms with Gasteiger partial charge in [0.15, 0.2) is 6.23 Å². The highest BCUT2D eigenvalue weighted by Gasteiger charge is 2.43. The van der Waals surface area contributed by atoms with Crippen molar-refractivity contribution in [3.63, 3.8) is 0 Å². The summed E-state index contributed by atoms with van der Waals surface area (Å²) in [6, 6.07) is 7.16. The second kappa shape index (κ2) is 6.17. The number of benzene rings is 1. The molecule has 0 amide bonds. The normalized spacial score (nSPS) is 35.1. The average molecular weight is 334 g/mol. The van der Waals surface area contributed by atoms with Gasteiger partial charge in [-0.1, -0.05) is 15.9 Å². The third-order valence-electron chi connectivity index (χ3n) is 3.05. The van der Waals surface area contributed by atoms with Gasteiger partial charge in [0, 0.05) is 10.2 Å². The summed E-state index contributed by atoms with van der Waals surface area (Å²) < 4.78 is 6.24. The molecule has 1 aliphatic heterocycles. The van der Waals surface area contributed by atoms with E-state index in [1.54, 1.807) is 12.1 Å². The predicted octanol–water partition coefficient (Wildman–Crippen LogP) is -0.339. The Hall–Kier alpha value is -0.700. The minimum atomic E-state index is -1.38. The molecule has 0 bridgehead atoms. The fraction of sp³-hybridized carbons (Fsp3) is 0.500. The lowest BCUT2D eigenvalue weighted by molar-refractivity contribution is -0.221. The molecule has 0 spiro atoms. The first-order chi connectivity index (χ1) is 9.02. The quantitative estimate of drug-likeness (QED) is 0.518. The van der Waals surface area contributed by atoms with E-state index in [1.165, 1.54) is 0 Å². The number of anilines is 1. The molecule has 1 aliphatic rings. The van der Waals surface area contributed by atoms with Crippen LogP contribution in [0.25, 0.3) is 0 Å². The van der Waals surface area contributed by atoms with Crippen LogP contribution in [0.1, 0.15) is 0 Å². The van der Waals surface area contributed by atoms with Crippen LogP contribution in [-0.2, 0) is 4.74 Å². The van der Waals surface area contributed by atoms with Crippen molar-refractivity contribution >= 4 is 21.6 Å². The van der Waals surface area contributed by atoms with Gasteiger partial charge in [-0.25, -0.2) is 0 Å². The van der Waals surface area contributed by atoms with Crippen molar-refractivity contribution in [2.75, 3.05) is 11.9 Å². The molecule has 6 nitrogen and oxygen atoms in total. The first-order valence-electron chi connectivity index (χ1n) is 5.85. The van der Waals surface area contributed by atoms with Crippen molar-refractivity contribution in [2.45, 2.75) is 30.6 Å². The molecule has 1 fully saturated rings. The van der Waals surface area contributed by atoms with Crippen LogP contribution in [0.3, 0.4) is 0 Å². The van der Waals surface area contributed by atoms with E-state index in [1.807, 2.05) is 12.1 Å². The van der Waals surface area contributed by atoms with Crippen molar-refractivity contribution in [2.24, 2.45) is 0 Å². The first kappa shape index (κ1) is 14.7. The Morgan fingerprint density at radius 1 is 1.05 bits per heavy atom. The molecule has 2 rings (SSSR count). The summed E-state index contributed by atoms with van der Waals surface area (Å²) in [5.41, 5.74) is 0.688. The maximum Gasteiger partial charge on any atom is 0.157 e. The highest BCUT2D eigenvalue weighted by atomic mass is 79.9. The van der Waals surface area contributed by atoms with Gasteiger partial charge < -0.3 is 30.5 Å². The Kier molecular flexibility index (Phi) is 4.77. The van der Waals surface area contributed by atoms with Crippen molar-refractivity contribution in [3.8, 4) is 0 Å². The minimum absolute atomic E-state index is 0.441. The van der Waals surface area contributed by atoms with Gasteiger partial charge in [0.1, 0.15) is 24.4 Å². The highest BCUT2D eigenvalue weighted by Crippen LogP contribution is 2.23. The Morgan fingerprint density at radius 3 is 2.26 bits per heavy atom. The second-order valence-corrected chi connectivity index (χ2v) is 5.32. The monoisotopic (exact) mass is 333 g/mol. The van der Waals surface area contributed by atoms with Crippen LogP contribution in [0.2, 0.25) is 0 Å². The Bertz CT molecular complexity index is 413. The number of aliphatic hydroxyl groups is 4. The number of ether oxygens (including phenoxy) is 1. The molecular weight excluding hydrogens is 318 g/mol. The van der Waals surface area contributed by atoms with Crippen LogP contribution < -0.4 is 5.32 Å². The third kappa shape index (κ3) is 3.25. The van der Waals surface area contributed by atoms with Crippen LogP contribution in [0.5, 0.6) is 0 Å². The molecule has 1 saturated heterocycles. The lowest BCUT2D eigenvalue weighted by atomic mass is 9.98. The van der Waals surface area contributed by atoms with Crippen molar-refractivity contribution in [1.82, 2.24) is 0 Å². The molecule has 0 aliphatic carbocycles. The van der Waals surface area contributed by atoms with E-state index >= 15 is 0 Å². The van der Waals surface area contributed by atoms with Crippen LogP contribution in [0.4, 0.5) is 5.69 Å². The summed E-state index contributed by atoms with van der Waals surface area (Å²) in [4.78, 5) is 0. The molecule has 0 aromatic heterocycles. The Balaban J connectivity index is 2.08. The maximum absolute atomic E-state index is 9.85. The SMILES string of the molecule is OC[C@@H]1O[C@@H](Nc2ccc(Br)cc2)[C@@H](O)[C@H](O)[C@@H]1O. The smallest absolute Gasteiger partial charge is 0.157 e. The maximum atomic E-state index is 9.85. The number of aliphatic hydroxyl groups excluding tert-OH is 4. The van der Waals surface area contributed by atoms with E-state index in [2.05, 4.69) is 21.2 Å². The molecule has 0 unspecified atom stereocenters. The first-order valence-corrected chi connectivity index (χ1v) is 6.65. The van der Waals surface area contributed by atoms with Gasteiger partial charge in [0.2, 0.25) is 0 Å². The van der Waals surface area contributed by atoms with E-state index in [9.17, 15) is 15.3 Å². The summed E-state index contributed by atoms with van der Waals surface area (Å²) in [5.74, 6) is 0. The van der Waals surface area contributed by atoms with Gasteiger partial charge in [-0.3, -0.25) is 0 Å². The zero-order chi connectivity index (χ0) is 14.0. The van der Waals surface area contributed by atoms with Crippen LogP contribution in [0, 0.1) is 0 Å². The van der Waals surface area contributed by atoms with Gasteiger partial charge in [-0.05, 0) is 24.3 Å². The molecule has 19 heavy (non-hydrogen) atoms. The topological polar surface area (TPSA) is 102 Å². The summed E-state index contributed by atoms with van der Waals surface area (Å²) in [5, 5.41) is 41.1. The molecule has 1 aromatic rings. The van der Waals surface area contributed by atoms with E-state index < -0.39 is 37.3 Å².